The summed E-state index contributed by atoms with van der Waals surface area (Å²) >= 11 is 5.99. The molecule has 0 spiro atoms. The number of rotatable bonds is 4. The molecular formula is C18H19ClN6O3. The van der Waals surface area contributed by atoms with Gasteiger partial charge in [0.15, 0.2) is 11.2 Å². The summed E-state index contributed by atoms with van der Waals surface area (Å²) in [5, 5.41) is 16.2. The molecule has 2 aromatic heterocycles. The number of anilines is 1. The number of benzene rings is 1. The fraction of sp³-hybridized carbons (Fsp3) is 0.333. The number of hydrogen-bond donors (Lipinski definition) is 1. The fourth-order valence-electron chi connectivity index (χ4n) is 3.32. The number of aliphatic hydroxyl groups excluding tert-OH is 1. The monoisotopic (exact) mass is 402 g/mol. The van der Waals surface area contributed by atoms with Gasteiger partial charge in [0.25, 0.3) is 5.56 Å². The fourth-order valence-corrected chi connectivity index (χ4v) is 3.44. The summed E-state index contributed by atoms with van der Waals surface area (Å²) in [6.07, 6.45) is 0.484. The molecule has 0 atom stereocenters. The molecule has 0 saturated heterocycles. The van der Waals surface area contributed by atoms with E-state index in [1.165, 1.54) is 11.6 Å². The zero-order valence-corrected chi connectivity index (χ0v) is 16.2. The average molecular weight is 403 g/mol. The van der Waals surface area contributed by atoms with Crippen LogP contribution in [0.5, 0.6) is 0 Å². The van der Waals surface area contributed by atoms with Crippen LogP contribution in [0.15, 0.2) is 39.0 Å². The Hall–Kier alpha value is -2.91. The zero-order chi connectivity index (χ0) is 20.0. The Labute approximate surface area is 164 Å². The van der Waals surface area contributed by atoms with Gasteiger partial charge in [-0.2, -0.15) is 10.1 Å². The Kier molecular flexibility index (Phi) is 4.56. The molecule has 1 aliphatic rings. The van der Waals surface area contributed by atoms with Crippen molar-refractivity contribution >= 4 is 34.4 Å². The molecule has 0 radical (unpaired) electrons. The van der Waals surface area contributed by atoms with E-state index in [4.69, 9.17) is 11.6 Å². The maximum absolute atomic E-state index is 12.8. The van der Waals surface area contributed by atoms with Gasteiger partial charge >= 0.3 is 5.69 Å². The van der Waals surface area contributed by atoms with Gasteiger partial charge in [0.05, 0.1) is 12.3 Å². The SMILES string of the molecule is Cn1c(=O)c2c(nc3n2CC(c2ccc(Cl)cc2)=NN3CCCO)n(C)c1=O. The molecule has 9 nitrogen and oxygen atoms in total. The minimum Gasteiger partial charge on any atom is -0.396 e. The summed E-state index contributed by atoms with van der Waals surface area (Å²) in [5.41, 5.74) is 1.41. The number of halogens is 1. The first-order valence-electron chi connectivity index (χ1n) is 8.80. The average Bonchev–Trinajstić information content (AvgIpc) is 3.09. The Morgan fingerprint density at radius 2 is 1.86 bits per heavy atom. The van der Waals surface area contributed by atoms with Gasteiger partial charge in [-0.25, -0.2) is 9.80 Å². The van der Waals surface area contributed by atoms with Gasteiger partial charge in [-0.05, 0) is 24.1 Å². The van der Waals surface area contributed by atoms with E-state index < -0.39 is 11.2 Å². The highest BCUT2D eigenvalue weighted by atomic mass is 35.5. The first-order chi connectivity index (χ1) is 13.4. The summed E-state index contributed by atoms with van der Waals surface area (Å²) in [4.78, 5) is 29.6. The Balaban J connectivity index is 1.94. The number of hydrazone groups is 1. The summed E-state index contributed by atoms with van der Waals surface area (Å²) in [6, 6.07) is 7.29. The molecule has 0 unspecified atom stereocenters. The normalized spacial score (nSPS) is 13.7. The quantitative estimate of drug-likeness (QED) is 0.692. The van der Waals surface area contributed by atoms with Crippen LogP contribution in [0.25, 0.3) is 11.2 Å². The molecule has 0 amide bonds. The molecular weight excluding hydrogens is 384 g/mol. The third-order valence-corrected chi connectivity index (χ3v) is 5.07. The van der Waals surface area contributed by atoms with Crippen molar-refractivity contribution in [3.8, 4) is 0 Å². The minimum absolute atomic E-state index is 0.00276. The van der Waals surface area contributed by atoms with Crippen molar-refractivity contribution in [2.45, 2.75) is 13.0 Å². The number of aryl methyl sites for hydroxylation is 1. The second kappa shape index (κ2) is 6.92. The lowest BCUT2D eigenvalue weighted by atomic mass is 10.1. The van der Waals surface area contributed by atoms with Crippen LogP contribution in [0.1, 0.15) is 12.0 Å². The lowest BCUT2D eigenvalue weighted by Crippen LogP contribution is -2.38. The maximum atomic E-state index is 12.8. The summed E-state index contributed by atoms with van der Waals surface area (Å²) in [5.74, 6) is 0.472. The van der Waals surface area contributed by atoms with Crippen LogP contribution in [0, 0.1) is 0 Å². The number of nitrogens with zero attached hydrogens (tertiary/aromatic N) is 6. The van der Waals surface area contributed by atoms with Crippen molar-refractivity contribution in [1.29, 1.82) is 0 Å². The molecule has 10 heteroatoms. The summed E-state index contributed by atoms with van der Waals surface area (Å²) < 4.78 is 4.20. The van der Waals surface area contributed by atoms with Gasteiger partial charge in [0.1, 0.15) is 0 Å². The predicted molar refractivity (Wildman–Crippen MR) is 107 cm³/mol. The van der Waals surface area contributed by atoms with Gasteiger partial charge in [0.2, 0.25) is 5.95 Å². The molecule has 0 fully saturated rings. The van der Waals surface area contributed by atoms with Crippen molar-refractivity contribution in [3.63, 3.8) is 0 Å². The predicted octanol–water partition coefficient (Wildman–Crippen LogP) is 0.694. The van der Waals surface area contributed by atoms with Crippen LogP contribution in [0.2, 0.25) is 5.02 Å². The highest BCUT2D eigenvalue weighted by Crippen LogP contribution is 2.25. The van der Waals surface area contributed by atoms with Crippen LogP contribution in [-0.2, 0) is 20.6 Å². The lowest BCUT2D eigenvalue weighted by molar-refractivity contribution is 0.289. The number of hydrogen-bond acceptors (Lipinski definition) is 6. The molecule has 1 aromatic carbocycles. The van der Waals surface area contributed by atoms with Crippen molar-refractivity contribution in [3.05, 3.63) is 55.7 Å². The van der Waals surface area contributed by atoms with E-state index in [2.05, 4.69) is 10.1 Å². The number of aromatic nitrogens is 4. The molecule has 3 heterocycles. The Bertz CT molecular complexity index is 1210. The van der Waals surface area contributed by atoms with E-state index in [1.54, 1.807) is 28.8 Å². The van der Waals surface area contributed by atoms with Crippen molar-refractivity contribution in [1.82, 2.24) is 18.7 Å². The molecule has 0 bridgehead atoms. The Morgan fingerprint density at radius 3 is 2.54 bits per heavy atom. The second-order valence-corrected chi connectivity index (χ2v) is 7.07. The first-order valence-corrected chi connectivity index (χ1v) is 9.18. The van der Waals surface area contributed by atoms with Crippen LogP contribution in [-0.4, -0.2) is 42.7 Å². The van der Waals surface area contributed by atoms with Crippen molar-refractivity contribution in [2.75, 3.05) is 18.2 Å². The zero-order valence-electron chi connectivity index (χ0n) is 15.5. The number of fused-ring (bicyclic) bond motifs is 3. The van der Waals surface area contributed by atoms with Crippen molar-refractivity contribution in [2.24, 2.45) is 19.2 Å². The van der Waals surface area contributed by atoms with Crippen LogP contribution < -0.4 is 16.3 Å². The number of imidazole rings is 1. The van der Waals surface area contributed by atoms with Gasteiger partial charge < -0.3 is 5.11 Å². The molecule has 0 saturated carbocycles. The molecule has 1 aliphatic heterocycles. The minimum atomic E-state index is -0.436. The summed E-state index contributed by atoms with van der Waals surface area (Å²) in [6.45, 7) is 0.754. The van der Waals surface area contributed by atoms with Gasteiger partial charge in [0, 0.05) is 32.3 Å². The first kappa shape index (κ1) is 18.5. The third kappa shape index (κ3) is 2.83. The van der Waals surface area contributed by atoms with E-state index in [-0.39, 0.29) is 6.61 Å². The van der Waals surface area contributed by atoms with Crippen LogP contribution in [0.3, 0.4) is 0 Å². The smallest absolute Gasteiger partial charge is 0.332 e. The Morgan fingerprint density at radius 1 is 1.14 bits per heavy atom. The molecule has 28 heavy (non-hydrogen) atoms. The number of aliphatic hydroxyl groups is 1. The molecule has 146 valence electrons. The molecule has 3 aromatic rings. The third-order valence-electron chi connectivity index (χ3n) is 4.81. The van der Waals surface area contributed by atoms with E-state index in [0.717, 1.165) is 15.8 Å². The largest absolute Gasteiger partial charge is 0.396 e. The summed E-state index contributed by atoms with van der Waals surface area (Å²) in [7, 11) is 3.03. The highest BCUT2D eigenvalue weighted by molar-refractivity contribution is 6.30. The van der Waals surface area contributed by atoms with Gasteiger partial charge in [-0.3, -0.25) is 18.5 Å². The van der Waals surface area contributed by atoms with Crippen LogP contribution in [0.4, 0.5) is 5.95 Å². The topological polar surface area (TPSA) is 97.7 Å². The van der Waals surface area contributed by atoms with Crippen molar-refractivity contribution < 1.29 is 5.11 Å². The molecule has 1 N–H and O–H groups in total. The highest BCUT2D eigenvalue weighted by Gasteiger charge is 2.27. The molecule has 0 aliphatic carbocycles. The maximum Gasteiger partial charge on any atom is 0.332 e. The standard InChI is InChI=1S/C18H19ClN6O3/c1-22-15-14(16(27)23(2)18(22)28)24-10-13(11-4-6-12(19)7-5-11)21-25(8-3-9-26)17(24)20-15/h4-7,26H,3,8-10H2,1-2H3. The molecule has 4 rings (SSSR count). The van der Waals surface area contributed by atoms with Gasteiger partial charge in [-0.1, -0.05) is 23.7 Å². The van der Waals surface area contributed by atoms with Gasteiger partial charge in [-0.15, -0.1) is 0 Å². The van der Waals surface area contributed by atoms with E-state index in [1.807, 2.05) is 12.1 Å². The second-order valence-electron chi connectivity index (χ2n) is 6.63. The van der Waals surface area contributed by atoms with E-state index >= 15 is 0 Å². The van der Waals surface area contributed by atoms with E-state index in [0.29, 0.717) is 41.6 Å². The van der Waals surface area contributed by atoms with E-state index in [9.17, 15) is 14.7 Å². The van der Waals surface area contributed by atoms with Crippen LogP contribution >= 0.6 is 11.6 Å². The lowest BCUT2D eigenvalue weighted by Gasteiger charge is -2.26.